The lowest BCUT2D eigenvalue weighted by Crippen LogP contribution is -2.36. The van der Waals surface area contributed by atoms with E-state index in [9.17, 15) is 14.7 Å². The topological polar surface area (TPSA) is 84.9 Å². The minimum Gasteiger partial charge on any atom is -0.504 e. The molecule has 0 unspecified atom stereocenters. The lowest BCUT2D eigenvalue weighted by atomic mass is 9.71. The third-order valence-electron chi connectivity index (χ3n) is 6.04. The Labute approximate surface area is 181 Å². The molecular weight excluding hydrogens is 394 g/mol. The van der Waals surface area contributed by atoms with Crippen LogP contribution in [0.2, 0.25) is 0 Å². The first-order chi connectivity index (χ1) is 14.9. The molecule has 0 radical (unpaired) electrons. The summed E-state index contributed by atoms with van der Waals surface area (Å²) in [4.78, 5) is 26.1. The van der Waals surface area contributed by atoms with Crippen molar-refractivity contribution in [1.82, 2.24) is 5.32 Å². The number of rotatable bonds is 4. The molecule has 6 nitrogen and oxygen atoms in total. The van der Waals surface area contributed by atoms with Crippen LogP contribution < -0.4 is 10.1 Å². The summed E-state index contributed by atoms with van der Waals surface area (Å²) in [7, 11) is 2.79. The lowest BCUT2D eigenvalue weighted by Gasteiger charge is -2.36. The number of phenolic OH excluding ortho intramolecular Hbond substituents is 1. The van der Waals surface area contributed by atoms with Gasteiger partial charge >= 0.3 is 5.97 Å². The number of phenols is 1. The fourth-order valence-electron chi connectivity index (χ4n) is 4.59. The summed E-state index contributed by atoms with van der Waals surface area (Å²) >= 11 is 0. The Morgan fingerprint density at radius 1 is 1.06 bits per heavy atom. The van der Waals surface area contributed by atoms with E-state index in [1.807, 2.05) is 37.3 Å². The third-order valence-corrected chi connectivity index (χ3v) is 6.04. The zero-order chi connectivity index (χ0) is 22.1. The van der Waals surface area contributed by atoms with Crippen LogP contribution in [0.25, 0.3) is 0 Å². The Balaban J connectivity index is 1.84. The van der Waals surface area contributed by atoms with Crippen molar-refractivity contribution in [3.05, 3.63) is 82.2 Å². The average Bonchev–Trinajstić information content (AvgIpc) is 2.78. The van der Waals surface area contributed by atoms with Crippen molar-refractivity contribution in [2.45, 2.75) is 31.6 Å². The van der Waals surface area contributed by atoms with Crippen molar-refractivity contribution in [2.75, 3.05) is 14.2 Å². The highest BCUT2D eigenvalue weighted by molar-refractivity contribution is 6.04. The summed E-state index contributed by atoms with van der Waals surface area (Å²) in [6, 6.07) is 14.9. The van der Waals surface area contributed by atoms with Crippen molar-refractivity contribution in [3.63, 3.8) is 0 Å². The van der Waals surface area contributed by atoms with Gasteiger partial charge in [0.1, 0.15) is 0 Å². The number of ketones is 1. The first-order valence-electron chi connectivity index (χ1n) is 10.2. The van der Waals surface area contributed by atoms with Gasteiger partial charge in [0.25, 0.3) is 0 Å². The van der Waals surface area contributed by atoms with Crippen molar-refractivity contribution in [3.8, 4) is 11.5 Å². The van der Waals surface area contributed by atoms with E-state index in [0.29, 0.717) is 35.2 Å². The van der Waals surface area contributed by atoms with Crippen molar-refractivity contribution < 1.29 is 24.2 Å². The Morgan fingerprint density at radius 3 is 2.48 bits per heavy atom. The normalized spacial score (nSPS) is 20.8. The number of allylic oxidation sites excluding steroid dienone is 3. The molecule has 4 rings (SSSR count). The van der Waals surface area contributed by atoms with Crippen LogP contribution >= 0.6 is 0 Å². The van der Waals surface area contributed by atoms with Gasteiger partial charge in [-0.15, -0.1) is 0 Å². The SMILES string of the molecule is COC(=O)C1=C(C)NC2=C(C(=O)C[C@H](c3ccccc3)C2)[C@H]1c1ccc(O)c(OC)c1. The number of hydrogen-bond acceptors (Lipinski definition) is 6. The summed E-state index contributed by atoms with van der Waals surface area (Å²) in [5.74, 6) is -0.746. The summed E-state index contributed by atoms with van der Waals surface area (Å²) < 4.78 is 10.3. The number of methoxy groups -OCH3 is 2. The van der Waals surface area contributed by atoms with E-state index in [4.69, 9.17) is 9.47 Å². The maximum Gasteiger partial charge on any atom is 0.336 e. The third kappa shape index (κ3) is 3.69. The minimum absolute atomic E-state index is 0.00572. The van der Waals surface area contributed by atoms with E-state index in [1.54, 1.807) is 12.1 Å². The summed E-state index contributed by atoms with van der Waals surface area (Å²) in [5.41, 5.74) is 4.25. The number of benzene rings is 2. The molecule has 0 spiro atoms. The predicted octanol–water partition coefficient (Wildman–Crippen LogP) is 3.94. The van der Waals surface area contributed by atoms with E-state index in [2.05, 4.69) is 5.32 Å². The predicted molar refractivity (Wildman–Crippen MR) is 116 cm³/mol. The van der Waals surface area contributed by atoms with E-state index in [0.717, 1.165) is 11.3 Å². The van der Waals surface area contributed by atoms with Gasteiger partial charge in [-0.1, -0.05) is 36.4 Å². The summed E-state index contributed by atoms with van der Waals surface area (Å²) in [6.45, 7) is 1.82. The molecule has 1 heterocycles. The average molecular weight is 419 g/mol. The minimum atomic E-state index is -0.595. The van der Waals surface area contributed by atoms with Crippen LogP contribution in [-0.4, -0.2) is 31.1 Å². The number of aromatic hydroxyl groups is 1. The number of Topliss-reactive ketones (excluding diaryl/α,β-unsaturated/α-hetero) is 1. The lowest BCUT2D eigenvalue weighted by molar-refractivity contribution is -0.136. The monoisotopic (exact) mass is 419 g/mol. The van der Waals surface area contributed by atoms with Gasteiger partial charge in [0.2, 0.25) is 0 Å². The first-order valence-corrected chi connectivity index (χ1v) is 10.2. The second kappa shape index (κ2) is 8.30. The highest BCUT2D eigenvalue weighted by atomic mass is 16.5. The van der Waals surface area contributed by atoms with Crippen molar-refractivity contribution in [2.24, 2.45) is 0 Å². The quantitative estimate of drug-likeness (QED) is 0.731. The maximum atomic E-state index is 13.4. The maximum absolute atomic E-state index is 13.4. The first kappa shape index (κ1) is 20.7. The van der Waals surface area contributed by atoms with E-state index >= 15 is 0 Å². The van der Waals surface area contributed by atoms with Crippen LogP contribution in [0.3, 0.4) is 0 Å². The van der Waals surface area contributed by atoms with Crippen LogP contribution in [-0.2, 0) is 14.3 Å². The number of nitrogens with one attached hydrogen (secondary N) is 1. The highest BCUT2D eigenvalue weighted by Crippen LogP contribution is 2.46. The van der Waals surface area contributed by atoms with Gasteiger partial charge in [-0.05, 0) is 42.5 Å². The number of dihydropyridines is 1. The second-order valence-electron chi connectivity index (χ2n) is 7.85. The standard InChI is InChI=1S/C25H25NO5/c1-14-22(25(29)31-3)23(16-9-10-19(27)21(13-16)30-2)24-18(26-14)11-17(12-20(24)28)15-7-5-4-6-8-15/h4-10,13,17,23,26-27H,11-12H2,1-3H3/t17-,23+/m1/s1. The van der Waals surface area contributed by atoms with Crippen LogP contribution in [0.5, 0.6) is 11.5 Å². The van der Waals surface area contributed by atoms with Crippen LogP contribution in [0.4, 0.5) is 0 Å². The van der Waals surface area contributed by atoms with E-state index in [-0.39, 0.29) is 23.2 Å². The van der Waals surface area contributed by atoms with Gasteiger partial charge in [-0.2, -0.15) is 0 Å². The second-order valence-corrected chi connectivity index (χ2v) is 7.85. The van der Waals surface area contributed by atoms with Crippen LogP contribution in [0, 0.1) is 0 Å². The van der Waals surface area contributed by atoms with Crippen molar-refractivity contribution in [1.29, 1.82) is 0 Å². The Hall–Kier alpha value is -3.54. The van der Waals surface area contributed by atoms with Crippen LogP contribution in [0.15, 0.2) is 71.1 Å². The number of ether oxygens (including phenoxy) is 2. The Bertz CT molecular complexity index is 1100. The van der Waals surface area contributed by atoms with Gasteiger partial charge in [0.05, 0.1) is 19.8 Å². The fourth-order valence-corrected chi connectivity index (χ4v) is 4.59. The molecule has 2 atom stereocenters. The molecule has 0 amide bonds. The van der Waals surface area contributed by atoms with Gasteiger partial charge < -0.3 is 19.9 Å². The zero-order valence-electron chi connectivity index (χ0n) is 17.8. The molecule has 0 bridgehead atoms. The van der Waals surface area contributed by atoms with Gasteiger partial charge in [0.15, 0.2) is 17.3 Å². The zero-order valence-corrected chi connectivity index (χ0v) is 17.8. The molecule has 1 aliphatic heterocycles. The summed E-state index contributed by atoms with van der Waals surface area (Å²) in [5, 5.41) is 13.3. The molecular formula is C25H25NO5. The molecule has 2 N–H and O–H groups in total. The van der Waals surface area contributed by atoms with Gasteiger partial charge in [-0.3, -0.25) is 4.79 Å². The number of hydrogen-bond donors (Lipinski definition) is 2. The van der Waals surface area contributed by atoms with Gasteiger partial charge in [0, 0.05) is 29.3 Å². The molecule has 0 saturated heterocycles. The molecule has 2 aliphatic rings. The fraction of sp³-hybridized carbons (Fsp3) is 0.280. The molecule has 160 valence electrons. The number of esters is 1. The van der Waals surface area contributed by atoms with Crippen molar-refractivity contribution >= 4 is 11.8 Å². The molecule has 1 aliphatic carbocycles. The van der Waals surface area contributed by atoms with Gasteiger partial charge in [-0.25, -0.2) is 4.79 Å². The molecule has 2 aromatic carbocycles. The summed E-state index contributed by atoms with van der Waals surface area (Å²) in [6.07, 6.45) is 1.03. The van der Waals surface area contributed by atoms with Crippen LogP contribution in [0.1, 0.15) is 42.7 Å². The molecule has 2 aromatic rings. The number of carbonyl (C=O) groups is 2. The Morgan fingerprint density at radius 2 is 1.81 bits per heavy atom. The number of carbonyl (C=O) groups excluding carboxylic acids is 2. The highest BCUT2D eigenvalue weighted by Gasteiger charge is 2.41. The largest absolute Gasteiger partial charge is 0.504 e. The van der Waals surface area contributed by atoms with E-state index < -0.39 is 11.9 Å². The van der Waals surface area contributed by atoms with E-state index in [1.165, 1.54) is 20.3 Å². The molecule has 0 saturated carbocycles. The smallest absolute Gasteiger partial charge is 0.336 e. The molecule has 31 heavy (non-hydrogen) atoms. The molecule has 0 aromatic heterocycles. The Kier molecular flexibility index (Phi) is 5.55. The molecule has 6 heteroatoms. The molecule has 0 fully saturated rings.